The molecule has 1 heterocycles. The zero-order valence-electron chi connectivity index (χ0n) is 12.0. The molecule has 0 bridgehead atoms. The summed E-state index contributed by atoms with van der Waals surface area (Å²) in [6.07, 6.45) is 3.36. The fraction of sp³-hybridized carbons (Fsp3) is 0.571. The van der Waals surface area contributed by atoms with Gasteiger partial charge >= 0.3 is 0 Å². The summed E-state index contributed by atoms with van der Waals surface area (Å²) in [5, 5.41) is 0. The highest BCUT2D eigenvalue weighted by Crippen LogP contribution is 2.28. The summed E-state index contributed by atoms with van der Waals surface area (Å²) in [5.41, 5.74) is 0.995. The standard InChI is InChI=1S/C14H20Br2N2O2S/c1-11-9-13(16)14(10-12(11)15)21(19,20)17-5-4-8-18-6-2-3-7-18/h9-10,17H,2-8H2,1H3. The lowest BCUT2D eigenvalue weighted by Crippen LogP contribution is -2.29. The Balaban J connectivity index is 1.93. The fourth-order valence-electron chi connectivity index (χ4n) is 2.43. The van der Waals surface area contributed by atoms with Crippen molar-refractivity contribution >= 4 is 41.9 Å². The quantitative estimate of drug-likeness (QED) is 0.692. The van der Waals surface area contributed by atoms with E-state index >= 15 is 0 Å². The molecule has 118 valence electrons. The Hall–Kier alpha value is 0.0500. The largest absolute Gasteiger partial charge is 0.303 e. The summed E-state index contributed by atoms with van der Waals surface area (Å²) < 4.78 is 28.7. The van der Waals surface area contributed by atoms with Gasteiger partial charge in [0.15, 0.2) is 0 Å². The van der Waals surface area contributed by atoms with Gasteiger partial charge in [0.05, 0.1) is 4.90 Å². The van der Waals surface area contributed by atoms with Crippen molar-refractivity contribution < 1.29 is 8.42 Å². The number of nitrogens with zero attached hydrogens (tertiary/aromatic N) is 1. The average Bonchev–Trinajstić information content (AvgIpc) is 2.92. The van der Waals surface area contributed by atoms with Gasteiger partial charge < -0.3 is 4.90 Å². The second kappa shape index (κ2) is 7.55. The van der Waals surface area contributed by atoms with E-state index in [9.17, 15) is 8.42 Å². The maximum Gasteiger partial charge on any atom is 0.241 e. The van der Waals surface area contributed by atoms with Gasteiger partial charge in [0.1, 0.15) is 0 Å². The summed E-state index contributed by atoms with van der Waals surface area (Å²) in [7, 11) is -3.47. The molecule has 0 amide bonds. The van der Waals surface area contributed by atoms with Crippen molar-refractivity contribution in [2.24, 2.45) is 0 Å². The van der Waals surface area contributed by atoms with Crippen LogP contribution >= 0.6 is 31.9 Å². The molecule has 0 radical (unpaired) electrons. The van der Waals surface area contributed by atoms with Crippen LogP contribution in [0.1, 0.15) is 24.8 Å². The molecule has 1 fully saturated rings. The minimum absolute atomic E-state index is 0.279. The number of halogens is 2. The SMILES string of the molecule is Cc1cc(Br)c(S(=O)(=O)NCCCN2CCCC2)cc1Br. The zero-order chi connectivity index (χ0) is 15.5. The Morgan fingerprint density at radius 2 is 1.86 bits per heavy atom. The van der Waals surface area contributed by atoms with Crippen LogP contribution in [-0.2, 0) is 10.0 Å². The first-order valence-electron chi connectivity index (χ1n) is 7.08. The Morgan fingerprint density at radius 1 is 1.19 bits per heavy atom. The van der Waals surface area contributed by atoms with Crippen molar-refractivity contribution in [1.82, 2.24) is 9.62 Å². The Kier molecular flexibility index (Phi) is 6.25. The van der Waals surface area contributed by atoms with E-state index in [2.05, 4.69) is 41.5 Å². The van der Waals surface area contributed by atoms with Crippen molar-refractivity contribution in [3.8, 4) is 0 Å². The van der Waals surface area contributed by atoms with E-state index in [1.54, 1.807) is 6.07 Å². The molecule has 1 saturated heterocycles. The molecule has 1 aromatic rings. The number of sulfonamides is 1. The minimum atomic E-state index is -3.47. The zero-order valence-corrected chi connectivity index (χ0v) is 16.0. The van der Waals surface area contributed by atoms with Gasteiger partial charge in [-0.3, -0.25) is 0 Å². The summed E-state index contributed by atoms with van der Waals surface area (Å²) >= 11 is 6.71. The predicted octanol–water partition coefficient (Wildman–Crippen LogP) is 3.28. The lowest BCUT2D eigenvalue weighted by Gasteiger charge is -2.15. The van der Waals surface area contributed by atoms with E-state index < -0.39 is 10.0 Å². The van der Waals surface area contributed by atoms with Crippen LogP contribution in [0.25, 0.3) is 0 Å². The number of rotatable bonds is 6. The summed E-state index contributed by atoms with van der Waals surface area (Å²) in [4.78, 5) is 2.66. The fourth-order valence-corrected chi connectivity index (χ4v) is 5.18. The first-order chi connectivity index (χ1) is 9.90. The Labute approximate surface area is 143 Å². The maximum atomic E-state index is 12.3. The molecule has 0 atom stereocenters. The molecular weight excluding hydrogens is 420 g/mol. The van der Waals surface area contributed by atoms with Crippen LogP contribution in [0.2, 0.25) is 0 Å². The van der Waals surface area contributed by atoms with E-state index in [0.29, 0.717) is 11.0 Å². The maximum absolute atomic E-state index is 12.3. The third kappa shape index (κ3) is 4.76. The third-order valence-corrected chi connectivity index (χ3v) is 6.92. The molecule has 2 rings (SSSR count). The predicted molar refractivity (Wildman–Crippen MR) is 92.1 cm³/mol. The van der Waals surface area contributed by atoms with Crippen molar-refractivity contribution in [1.29, 1.82) is 0 Å². The van der Waals surface area contributed by atoms with Crippen LogP contribution < -0.4 is 4.72 Å². The monoisotopic (exact) mass is 438 g/mol. The molecule has 0 unspecified atom stereocenters. The minimum Gasteiger partial charge on any atom is -0.303 e. The smallest absolute Gasteiger partial charge is 0.241 e. The second-order valence-corrected chi connectivity index (χ2v) is 8.78. The molecule has 1 aliphatic rings. The van der Waals surface area contributed by atoms with E-state index in [4.69, 9.17) is 0 Å². The van der Waals surface area contributed by atoms with E-state index in [1.165, 1.54) is 12.8 Å². The highest BCUT2D eigenvalue weighted by atomic mass is 79.9. The number of hydrogen-bond donors (Lipinski definition) is 1. The topological polar surface area (TPSA) is 49.4 Å². The van der Waals surface area contributed by atoms with Gasteiger partial charge in [-0.05, 0) is 79.4 Å². The lowest BCUT2D eigenvalue weighted by atomic mass is 10.2. The van der Waals surface area contributed by atoms with Gasteiger partial charge in [0.2, 0.25) is 10.0 Å². The Morgan fingerprint density at radius 3 is 2.52 bits per heavy atom. The van der Waals surface area contributed by atoms with Crippen molar-refractivity contribution in [3.63, 3.8) is 0 Å². The highest BCUT2D eigenvalue weighted by Gasteiger charge is 2.19. The Bertz CT molecular complexity index is 599. The van der Waals surface area contributed by atoms with Gasteiger partial charge in [-0.2, -0.15) is 0 Å². The van der Waals surface area contributed by atoms with Crippen LogP contribution in [-0.4, -0.2) is 39.5 Å². The molecule has 1 N–H and O–H groups in total. The normalized spacial score (nSPS) is 16.5. The molecule has 0 saturated carbocycles. The first kappa shape index (κ1) is 17.4. The number of hydrogen-bond acceptors (Lipinski definition) is 3. The average molecular weight is 440 g/mol. The third-order valence-electron chi connectivity index (χ3n) is 3.64. The molecule has 1 aliphatic heterocycles. The second-order valence-electron chi connectivity index (χ2n) is 5.33. The van der Waals surface area contributed by atoms with Gasteiger partial charge in [-0.25, -0.2) is 13.1 Å². The molecule has 7 heteroatoms. The highest BCUT2D eigenvalue weighted by molar-refractivity contribution is 9.11. The first-order valence-corrected chi connectivity index (χ1v) is 10.1. The van der Waals surface area contributed by atoms with E-state index in [1.807, 2.05) is 13.0 Å². The van der Waals surface area contributed by atoms with Crippen molar-refractivity contribution in [2.45, 2.75) is 31.1 Å². The van der Waals surface area contributed by atoms with Crippen LogP contribution in [0.5, 0.6) is 0 Å². The van der Waals surface area contributed by atoms with Crippen LogP contribution in [0.4, 0.5) is 0 Å². The van der Waals surface area contributed by atoms with Gasteiger partial charge in [-0.15, -0.1) is 0 Å². The molecule has 0 aliphatic carbocycles. The van der Waals surface area contributed by atoms with Crippen LogP contribution in [0, 0.1) is 6.92 Å². The van der Waals surface area contributed by atoms with Gasteiger partial charge in [-0.1, -0.05) is 15.9 Å². The summed E-state index contributed by atoms with van der Waals surface area (Å²) in [5.74, 6) is 0. The summed E-state index contributed by atoms with van der Waals surface area (Å²) in [6, 6.07) is 3.45. The van der Waals surface area contributed by atoms with E-state index in [0.717, 1.165) is 36.1 Å². The summed E-state index contributed by atoms with van der Waals surface area (Å²) in [6.45, 7) is 5.64. The van der Waals surface area contributed by atoms with Crippen LogP contribution in [0.3, 0.4) is 0 Å². The molecule has 0 aromatic heterocycles. The number of benzene rings is 1. The number of aryl methyl sites for hydroxylation is 1. The number of likely N-dealkylation sites (tertiary alicyclic amines) is 1. The number of nitrogens with one attached hydrogen (secondary N) is 1. The van der Waals surface area contributed by atoms with E-state index in [-0.39, 0.29) is 4.90 Å². The van der Waals surface area contributed by atoms with Gasteiger partial charge in [0, 0.05) is 15.5 Å². The van der Waals surface area contributed by atoms with Gasteiger partial charge in [0.25, 0.3) is 0 Å². The molecular formula is C14H20Br2N2O2S. The molecule has 1 aromatic carbocycles. The van der Waals surface area contributed by atoms with Crippen molar-refractivity contribution in [3.05, 3.63) is 26.6 Å². The van der Waals surface area contributed by atoms with Crippen LogP contribution in [0.15, 0.2) is 26.0 Å². The molecule has 21 heavy (non-hydrogen) atoms. The molecule has 0 spiro atoms. The lowest BCUT2D eigenvalue weighted by molar-refractivity contribution is 0.334. The van der Waals surface area contributed by atoms with Crippen molar-refractivity contribution in [2.75, 3.05) is 26.2 Å². The molecule has 4 nitrogen and oxygen atoms in total.